The van der Waals surface area contributed by atoms with Gasteiger partial charge < -0.3 is 13.3 Å². The standard InChI is InChI=1S/C22H14N2O3/c23-15-17-20(18-10-5-13-25-18)21(19-11-6-14-26-19)27-22(17)24-12-4-9-16-7-2-1-3-8-16/h1-14H/b9-4+,24-12?. The van der Waals surface area contributed by atoms with Crippen molar-refractivity contribution < 1.29 is 13.3 Å². The van der Waals surface area contributed by atoms with Gasteiger partial charge in [-0.05, 0) is 35.9 Å². The summed E-state index contributed by atoms with van der Waals surface area (Å²) in [5, 5.41) is 9.67. The van der Waals surface area contributed by atoms with Crippen LogP contribution in [-0.2, 0) is 0 Å². The van der Waals surface area contributed by atoms with Crippen molar-refractivity contribution in [2.75, 3.05) is 0 Å². The lowest BCUT2D eigenvalue weighted by Gasteiger charge is -1.96. The van der Waals surface area contributed by atoms with Crippen molar-refractivity contribution in [3.63, 3.8) is 0 Å². The monoisotopic (exact) mass is 354 g/mol. The third-order valence-electron chi connectivity index (χ3n) is 3.88. The quantitative estimate of drug-likeness (QED) is 0.407. The molecule has 3 heterocycles. The molecule has 0 aliphatic carbocycles. The van der Waals surface area contributed by atoms with E-state index in [1.54, 1.807) is 49.1 Å². The third-order valence-corrected chi connectivity index (χ3v) is 3.88. The van der Waals surface area contributed by atoms with Gasteiger partial charge in [0.15, 0.2) is 11.5 Å². The number of aliphatic imine (C=N–C) groups is 1. The summed E-state index contributed by atoms with van der Waals surface area (Å²) in [6, 6.07) is 19.0. The molecule has 5 nitrogen and oxygen atoms in total. The summed E-state index contributed by atoms with van der Waals surface area (Å²) >= 11 is 0. The molecule has 0 unspecified atom stereocenters. The molecule has 0 aliphatic heterocycles. The Morgan fingerprint density at radius 1 is 0.889 bits per heavy atom. The number of nitrogens with zero attached hydrogens (tertiary/aromatic N) is 2. The molecule has 0 saturated carbocycles. The lowest BCUT2D eigenvalue weighted by molar-refractivity contribution is 0.527. The number of hydrogen-bond acceptors (Lipinski definition) is 5. The first-order valence-electron chi connectivity index (χ1n) is 8.27. The third kappa shape index (κ3) is 3.37. The zero-order valence-electron chi connectivity index (χ0n) is 14.2. The largest absolute Gasteiger partial charge is 0.464 e. The Morgan fingerprint density at radius 2 is 1.63 bits per heavy atom. The summed E-state index contributed by atoms with van der Waals surface area (Å²) in [4.78, 5) is 4.31. The first-order valence-corrected chi connectivity index (χ1v) is 8.27. The molecule has 0 fully saturated rings. The van der Waals surface area contributed by atoms with E-state index in [4.69, 9.17) is 13.3 Å². The highest BCUT2D eigenvalue weighted by atomic mass is 16.4. The van der Waals surface area contributed by atoms with Gasteiger partial charge in [-0.1, -0.05) is 36.4 Å². The zero-order valence-corrected chi connectivity index (χ0v) is 14.2. The van der Waals surface area contributed by atoms with E-state index in [1.165, 1.54) is 0 Å². The Morgan fingerprint density at radius 3 is 2.30 bits per heavy atom. The first-order chi connectivity index (χ1) is 13.4. The number of benzene rings is 1. The van der Waals surface area contributed by atoms with E-state index in [2.05, 4.69) is 11.1 Å². The van der Waals surface area contributed by atoms with E-state index in [9.17, 15) is 5.26 Å². The lowest BCUT2D eigenvalue weighted by Crippen LogP contribution is -1.79. The van der Waals surface area contributed by atoms with Crippen LogP contribution in [0.15, 0.2) is 91.4 Å². The molecule has 0 saturated heterocycles. The van der Waals surface area contributed by atoms with Crippen molar-refractivity contribution in [1.82, 2.24) is 0 Å². The van der Waals surface area contributed by atoms with Crippen LogP contribution in [0.5, 0.6) is 0 Å². The molecule has 5 heteroatoms. The van der Waals surface area contributed by atoms with Crippen molar-refractivity contribution in [3.05, 3.63) is 84.3 Å². The van der Waals surface area contributed by atoms with E-state index in [0.717, 1.165) is 5.56 Å². The van der Waals surface area contributed by atoms with Gasteiger partial charge in [-0.15, -0.1) is 0 Å². The maximum Gasteiger partial charge on any atom is 0.238 e. The second-order valence-electron chi connectivity index (χ2n) is 5.60. The number of rotatable bonds is 5. The molecule has 0 N–H and O–H groups in total. The van der Waals surface area contributed by atoms with Gasteiger partial charge in [0.1, 0.15) is 17.4 Å². The fourth-order valence-corrected chi connectivity index (χ4v) is 2.68. The Labute approximate surface area is 155 Å². The molecule has 0 atom stereocenters. The Hall–Kier alpha value is -4.04. The first kappa shape index (κ1) is 16.4. The van der Waals surface area contributed by atoms with E-state index in [1.807, 2.05) is 36.4 Å². The molecular formula is C22H14N2O3. The van der Waals surface area contributed by atoms with Gasteiger partial charge in [-0.25, -0.2) is 4.99 Å². The molecule has 3 aromatic heterocycles. The van der Waals surface area contributed by atoms with Crippen LogP contribution in [0, 0.1) is 11.3 Å². The Bertz CT molecular complexity index is 1110. The second-order valence-corrected chi connectivity index (χ2v) is 5.60. The van der Waals surface area contributed by atoms with Gasteiger partial charge in [0.05, 0.1) is 18.1 Å². The fourth-order valence-electron chi connectivity index (χ4n) is 2.68. The van der Waals surface area contributed by atoms with Crippen LogP contribution in [0.2, 0.25) is 0 Å². The minimum Gasteiger partial charge on any atom is -0.464 e. The van der Waals surface area contributed by atoms with Gasteiger partial charge in [-0.2, -0.15) is 5.26 Å². The zero-order chi connectivity index (χ0) is 18.5. The maximum atomic E-state index is 9.67. The van der Waals surface area contributed by atoms with Crippen LogP contribution in [0.4, 0.5) is 5.88 Å². The minimum atomic E-state index is 0.202. The molecule has 4 rings (SSSR count). The van der Waals surface area contributed by atoms with Gasteiger partial charge in [-0.3, -0.25) is 0 Å². The smallest absolute Gasteiger partial charge is 0.238 e. The average Bonchev–Trinajstić information content (AvgIpc) is 3.46. The number of hydrogen-bond donors (Lipinski definition) is 0. The molecule has 130 valence electrons. The summed E-state index contributed by atoms with van der Waals surface area (Å²) in [5.41, 5.74) is 1.87. The highest BCUT2D eigenvalue weighted by Gasteiger charge is 2.25. The van der Waals surface area contributed by atoms with E-state index >= 15 is 0 Å². The molecule has 0 spiro atoms. The lowest BCUT2D eigenvalue weighted by atomic mass is 10.1. The molecule has 0 bridgehead atoms. The van der Waals surface area contributed by atoms with Crippen molar-refractivity contribution in [2.24, 2.45) is 4.99 Å². The van der Waals surface area contributed by atoms with Gasteiger partial charge in [0.25, 0.3) is 0 Å². The SMILES string of the molecule is N#Cc1c(N=C/C=C/c2ccccc2)oc(-c2ccco2)c1-c1ccco1. The van der Waals surface area contributed by atoms with E-state index in [-0.39, 0.29) is 5.88 Å². The van der Waals surface area contributed by atoms with Crippen LogP contribution in [0.3, 0.4) is 0 Å². The number of allylic oxidation sites excluding steroid dienone is 1. The molecular weight excluding hydrogens is 340 g/mol. The molecule has 27 heavy (non-hydrogen) atoms. The van der Waals surface area contributed by atoms with Gasteiger partial charge >= 0.3 is 0 Å². The Balaban J connectivity index is 1.73. The molecule has 0 amide bonds. The van der Waals surface area contributed by atoms with Crippen molar-refractivity contribution in [1.29, 1.82) is 5.26 Å². The van der Waals surface area contributed by atoms with Crippen molar-refractivity contribution >= 4 is 18.2 Å². The summed E-state index contributed by atoms with van der Waals surface area (Å²) in [7, 11) is 0. The van der Waals surface area contributed by atoms with Gasteiger partial charge in [0.2, 0.25) is 5.88 Å². The molecule has 0 aliphatic rings. The van der Waals surface area contributed by atoms with Crippen molar-refractivity contribution in [2.45, 2.75) is 0 Å². The van der Waals surface area contributed by atoms with Crippen LogP contribution in [-0.4, -0.2) is 6.21 Å². The average molecular weight is 354 g/mol. The number of furan rings is 3. The predicted molar refractivity (Wildman–Crippen MR) is 102 cm³/mol. The normalized spacial score (nSPS) is 11.4. The Kier molecular flexibility index (Phi) is 4.54. The van der Waals surface area contributed by atoms with Gasteiger partial charge in [0, 0.05) is 6.21 Å². The topological polar surface area (TPSA) is 75.6 Å². The van der Waals surface area contributed by atoms with Crippen LogP contribution >= 0.6 is 0 Å². The maximum absolute atomic E-state index is 9.67. The second kappa shape index (κ2) is 7.46. The summed E-state index contributed by atoms with van der Waals surface area (Å²) in [6.07, 6.45) is 8.38. The summed E-state index contributed by atoms with van der Waals surface area (Å²) in [5.74, 6) is 1.63. The predicted octanol–water partition coefficient (Wildman–Crippen LogP) is 6.09. The molecule has 1 aromatic carbocycles. The van der Waals surface area contributed by atoms with Crippen LogP contribution in [0.1, 0.15) is 11.1 Å². The summed E-state index contributed by atoms with van der Waals surface area (Å²) < 4.78 is 16.8. The van der Waals surface area contributed by atoms with Crippen molar-refractivity contribution in [3.8, 4) is 28.9 Å². The number of nitriles is 1. The molecule has 4 aromatic rings. The van der Waals surface area contributed by atoms with Crippen LogP contribution < -0.4 is 0 Å². The summed E-state index contributed by atoms with van der Waals surface area (Å²) in [6.45, 7) is 0. The van der Waals surface area contributed by atoms with Crippen LogP contribution in [0.25, 0.3) is 28.9 Å². The highest BCUT2D eigenvalue weighted by molar-refractivity contribution is 5.86. The van der Waals surface area contributed by atoms with E-state index < -0.39 is 0 Å². The highest BCUT2D eigenvalue weighted by Crippen LogP contribution is 2.42. The van der Waals surface area contributed by atoms with E-state index in [0.29, 0.717) is 28.4 Å². The minimum absolute atomic E-state index is 0.202. The molecule has 0 radical (unpaired) electrons. The fraction of sp³-hybridized carbons (Fsp3) is 0.